The Balaban J connectivity index is 1.14. The highest BCUT2D eigenvalue weighted by molar-refractivity contribution is 7.90. The summed E-state index contributed by atoms with van der Waals surface area (Å²) in [5.41, 5.74) is 9.10. The average Bonchev–Trinajstić information content (AvgIpc) is 3.97. The molecular weight excluding hydrogens is 810 g/mol. The van der Waals surface area contributed by atoms with E-state index in [1.807, 2.05) is 130 Å². The first-order valence-electron chi connectivity index (χ1n) is 20.3. The molecule has 1 aliphatic rings. The van der Waals surface area contributed by atoms with Crippen LogP contribution < -0.4 is 0 Å². The van der Waals surface area contributed by atoms with Crippen molar-refractivity contribution < 1.29 is 8.42 Å². The van der Waals surface area contributed by atoms with Gasteiger partial charge in [0.15, 0.2) is 11.4 Å². The summed E-state index contributed by atoms with van der Waals surface area (Å²) >= 11 is 6.14. The summed E-state index contributed by atoms with van der Waals surface area (Å²) in [6.07, 6.45) is 0. The third kappa shape index (κ3) is 7.63. The second-order valence-electron chi connectivity index (χ2n) is 15.4. The molecule has 8 aromatic rings. The monoisotopic (exact) mass is 851 g/mol. The molecule has 7 aromatic carbocycles. The maximum absolute atomic E-state index is 14.0. The van der Waals surface area contributed by atoms with Gasteiger partial charge in [-0.1, -0.05) is 175 Å². The molecule has 2 heterocycles. The van der Waals surface area contributed by atoms with Crippen molar-refractivity contribution in [2.75, 3.05) is 6.54 Å². The molecule has 0 aliphatic carbocycles. The van der Waals surface area contributed by atoms with E-state index < -0.39 is 15.6 Å². The van der Waals surface area contributed by atoms with Crippen molar-refractivity contribution >= 4 is 33.2 Å². The molecule has 0 N–H and O–H groups in total. The number of rotatable bonds is 10. The summed E-state index contributed by atoms with van der Waals surface area (Å²) < 4.78 is 32.6. The first-order chi connectivity index (χ1) is 30.1. The molecule has 1 aromatic heterocycles. The van der Waals surface area contributed by atoms with Crippen LogP contribution in [0.15, 0.2) is 196 Å². The Kier molecular flexibility index (Phi) is 10.9. The van der Waals surface area contributed by atoms with E-state index in [1.54, 1.807) is 21.9 Å². The van der Waals surface area contributed by atoms with E-state index in [1.165, 1.54) is 12.1 Å². The van der Waals surface area contributed by atoms with Gasteiger partial charge in [-0.05, 0) is 89.2 Å². The quantitative estimate of drug-likeness (QED) is 0.0771. The van der Waals surface area contributed by atoms with Crippen molar-refractivity contribution in [1.82, 2.24) is 25.2 Å². The van der Waals surface area contributed by atoms with E-state index in [9.17, 15) is 8.42 Å². The Bertz CT molecular complexity index is 2910. The number of aromatic nitrogens is 4. The van der Waals surface area contributed by atoms with Crippen molar-refractivity contribution in [1.29, 1.82) is 0 Å². The lowest BCUT2D eigenvalue weighted by atomic mass is 9.77. The van der Waals surface area contributed by atoms with Crippen LogP contribution >= 0.6 is 11.6 Å². The Labute approximate surface area is 366 Å². The lowest BCUT2D eigenvalue weighted by molar-refractivity contribution is 0.396. The van der Waals surface area contributed by atoms with E-state index >= 15 is 0 Å². The fourth-order valence-electron chi connectivity index (χ4n) is 8.52. The van der Waals surface area contributed by atoms with E-state index in [2.05, 4.69) is 58.0 Å². The number of benzene rings is 7. The van der Waals surface area contributed by atoms with Crippen molar-refractivity contribution in [2.24, 2.45) is 9.50 Å². The summed E-state index contributed by atoms with van der Waals surface area (Å²) in [5.74, 6) is 0.506. The standard InChI is InChI=1S/C51H42ClN7O2S/c1-35-32-36(2)47(37(3)33-35)50(56-62(60,61)45-30-28-44(52)29-31-45)58-34-46(38-16-8-4-9-17-38)48(54-58)39-24-26-40(27-25-39)49-53-57-59(55-49)51(41-18-10-5-11-19-41,42-20-12-6-13-21-42)43-22-14-7-15-23-43/h4-33,46H,34H2,1-3H3/b56-50+. The molecule has 0 fully saturated rings. The molecule has 9 nitrogen and oxygen atoms in total. The van der Waals surface area contributed by atoms with Crippen molar-refractivity contribution in [3.05, 3.63) is 237 Å². The predicted molar refractivity (Wildman–Crippen MR) is 246 cm³/mol. The molecule has 1 atom stereocenters. The molecule has 0 saturated heterocycles. The Morgan fingerprint density at radius 3 is 1.69 bits per heavy atom. The lowest BCUT2D eigenvalue weighted by Gasteiger charge is -2.34. The average molecular weight is 852 g/mol. The minimum absolute atomic E-state index is 0.0412. The number of hydrogen-bond donors (Lipinski definition) is 0. The van der Waals surface area contributed by atoms with Crippen molar-refractivity contribution in [3.8, 4) is 11.4 Å². The molecule has 1 unspecified atom stereocenters. The molecule has 11 heteroatoms. The zero-order valence-corrected chi connectivity index (χ0v) is 35.9. The van der Waals surface area contributed by atoms with Gasteiger partial charge in [-0.15, -0.1) is 19.4 Å². The molecule has 9 rings (SSSR count). The van der Waals surface area contributed by atoms with Gasteiger partial charge < -0.3 is 0 Å². The molecule has 306 valence electrons. The van der Waals surface area contributed by atoms with Crippen LogP contribution in [0.1, 0.15) is 56.0 Å². The van der Waals surface area contributed by atoms with Gasteiger partial charge in [0.05, 0.1) is 17.2 Å². The van der Waals surface area contributed by atoms with Gasteiger partial charge in [-0.3, -0.25) is 0 Å². The van der Waals surface area contributed by atoms with Gasteiger partial charge >= 0.3 is 0 Å². The smallest absolute Gasteiger partial charge is 0.245 e. The fourth-order valence-corrected chi connectivity index (χ4v) is 9.64. The van der Waals surface area contributed by atoms with Gasteiger partial charge in [0.25, 0.3) is 10.0 Å². The number of tetrazole rings is 1. The Hall–Kier alpha value is -7.01. The normalized spacial score (nSPS) is 14.5. The van der Waals surface area contributed by atoms with Gasteiger partial charge in [-0.2, -0.15) is 13.5 Å². The first kappa shape index (κ1) is 40.4. The maximum Gasteiger partial charge on any atom is 0.284 e. The predicted octanol–water partition coefficient (Wildman–Crippen LogP) is 10.4. The second-order valence-corrected chi connectivity index (χ2v) is 17.5. The molecule has 1 aliphatic heterocycles. The van der Waals surface area contributed by atoms with E-state index in [0.717, 1.165) is 55.8 Å². The minimum atomic E-state index is -4.17. The largest absolute Gasteiger partial charge is 0.284 e. The Morgan fingerprint density at radius 1 is 0.661 bits per heavy atom. The zero-order chi connectivity index (χ0) is 42.8. The van der Waals surface area contributed by atoms with Crippen molar-refractivity contribution in [2.45, 2.75) is 37.1 Å². The zero-order valence-electron chi connectivity index (χ0n) is 34.3. The van der Waals surface area contributed by atoms with E-state index in [0.29, 0.717) is 23.0 Å². The van der Waals surface area contributed by atoms with Gasteiger partial charge in [-0.25, -0.2) is 5.01 Å². The summed E-state index contributed by atoms with van der Waals surface area (Å²) in [5, 5.41) is 21.9. The molecule has 0 saturated carbocycles. The van der Waals surface area contributed by atoms with Crippen LogP contribution in [-0.4, -0.2) is 51.7 Å². The molecule has 0 bridgehead atoms. The van der Waals surface area contributed by atoms with Crippen LogP contribution in [0.2, 0.25) is 5.02 Å². The first-order valence-corrected chi connectivity index (χ1v) is 22.1. The van der Waals surface area contributed by atoms with Crippen LogP contribution in [0.3, 0.4) is 0 Å². The fraction of sp³-hybridized carbons (Fsp3) is 0.118. The number of halogens is 1. The molecule has 62 heavy (non-hydrogen) atoms. The topological polar surface area (TPSA) is 106 Å². The second kappa shape index (κ2) is 16.8. The summed E-state index contributed by atoms with van der Waals surface area (Å²) in [7, 11) is -4.17. The van der Waals surface area contributed by atoms with Gasteiger partial charge in [0.2, 0.25) is 5.82 Å². The van der Waals surface area contributed by atoms with Crippen LogP contribution in [0.4, 0.5) is 0 Å². The number of hydrogen-bond acceptors (Lipinski definition) is 6. The molecular formula is C51H42ClN7O2S. The van der Waals surface area contributed by atoms with Crippen LogP contribution in [-0.2, 0) is 15.6 Å². The SMILES string of the molecule is Cc1cc(C)c(/C(=N\S(=O)(=O)c2ccc(Cl)cc2)N2CC(c3ccccc3)C(c3ccc(-c4nnn(C(c5ccccc5)(c5ccccc5)c5ccccc5)n4)cc3)=N2)c(C)c1. The number of aryl methyl sites for hydroxylation is 3. The lowest BCUT2D eigenvalue weighted by Crippen LogP contribution is -2.39. The Morgan fingerprint density at radius 2 is 1.16 bits per heavy atom. The van der Waals surface area contributed by atoms with Gasteiger partial charge in [0.1, 0.15) is 0 Å². The van der Waals surface area contributed by atoms with E-state index in [-0.39, 0.29) is 16.6 Å². The number of nitrogens with zero attached hydrogens (tertiary/aromatic N) is 7. The number of amidine groups is 1. The number of hydrazone groups is 1. The summed E-state index contributed by atoms with van der Waals surface area (Å²) in [4.78, 5) is 1.76. The van der Waals surface area contributed by atoms with Crippen LogP contribution in [0.25, 0.3) is 11.4 Å². The van der Waals surface area contributed by atoms with Crippen LogP contribution in [0, 0.1) is 20.8 Å². The third-order valence-corrected chi connectivity index (χ3v) is 12.8. The van der Waals surface area contributed by atoms with E-state index in [4.69, 9.17) is 27.0 Å². The highest BCUT2D eigenvalue weighted by Crippen LogP contribution is 2.40. The highest BCUT2D eigenvalue weighted by Gasteiger charge is 2.41. The maximum atomic E-state index is 14.0. The van der Waals surface area contributed by atoms with Crippen molar-refractivity contribution in [3.63, 3.8) is 0 Å². The molecule has 0 spiro atoms. The number of sulfonamides is 1. The minimum Gasteiger partial charge on any atom is -0.245 e. The highest BCUT2D eigenvalue weighted by atomic mass is 35.5. The third-order valence-electron chi connectivity index (χ3n) is 11.3. The molecule has 0 amide bonds. The van der Waals surface area contributed by atoms with Gasteiger partial charge in [0, 0.05) is 22.1 Å². The molecule has 0 radical (unpaired) electrons. The summed E-state index contributed by atoms with van der Waals surface area (Å²) in [6.45, 7) is 6.33. The van der Waals surface area contributed by atoms with Crippen LogP contribution in [0.5, 0.6) is 0 Å². The summed E-state index contributed by atoms with van der Waals surface area (Å²) in [6, 6.07) is 59.0.